The minimum absolute atomic E-state index is 0.386. The van der Waals surface area contributed by atoms with Crippen molar-refractivity contribution in [2.45, 2.75) is 27.3 Å². The molecule has 0 unspecified atom stereocenters. The van der Waals surface area contributed by atoms with Crippen molar-refractivity contribution in [3.63, 3.8) is 0 Å². The van der Waals surface area contributed by atoms with Gasteiger partial charge in [-0.05, 0) is 44.5 Å². The van der Waals surface area contributed by atoms with E-state index < -0.39 is 0 Å². The van der Waals surface area contributed by atoms with Gasteiger partial charge < -0.3 is 10.4 Å². The van der Waals surface area contributed by atoms with Crippen molar-refractivity contribution in [2.75, 3.05) is 5.32 Å². The van der Waals surface area contributed by atoms with Crippen LogP contribution in [-0.2, 0) is 6.54 Å². The molecule has 0 fully saturated rings. The second-order valence-corrected chi connectivity index (χ2v) is 5.64. The van der Waals surface area contributed by atoms with Crippen LogP contribution in [0.5, 0.6) is 5.75 Å². The van der Waals surface area contributed by atoms with E-state index in [0.29, 0.717) is 5.75 Å². The maximum Gasteiger partial charge on any atom is 0.123 e. The summed E-state index contributed by atoms with van der Waals surface area (Å²) in [5, 5.41) is 13.2. The van der Waals surface area contributed by atoms with Crippen molar-refractivity contribution in [3.05, 3.63) is 45.1 Å². The first kappa shape index (κ1) is 12.0. The zero-order chi connectivity index (χ0) is 12.4. The topological polar surface area (TPSA) is 32.3 Å². The first-order valence-corrected chi connectivity index (χ1v) is 6.48. The van der Waals surface area contributed by atoms with Crippen LogP contribution in [0.15, 0.2) is 24.3 Å². The van der Waals surface area contributed by atoms with Crippen molar-refractivity contribution in [2.24, 2.45) is 0 Å². The van der Waals surface area contributed by atoms with Gasteiger partial charge in [0.25, 0.3) is 0 Å². The fraction of sp³-hybridized carbons (Fsp3) is 0.286. The standard InChI is InChI=1S/C14H17NOS/c1-9-4-7-13(11(3)14(9)16)15-8-12-6-5-10(2)17-12/h4-7,15-16H,8H2,1-3H3. The number of nitrogens with one attached hydrogen (secondary N) is 1. The van der Waals surface area contributed by atoms with Gasteiger partial charge in [-0.2, -0.15) is 0 Å². The molecule has 1 aromatic heterocycles. The number of anilines is 1. The minimum Gasteiger partial charge on any atom is -0.507 e. The van der Waals surface area contributed by atoms with Crippen LogP contribution >= 0.6 is 11.3 Å². The number of phenolic OH excluding ortho intramolecular Hbond substituents is 1. The summed E-state index contributed by atoms with van der Waals surface area (Å²) in [7, 11) is 0. The average Bonchev–Trinajstić information content (AvgIpc) is 2.71. The Morgan fingerprint density at radius 3 is 2.53 bits per heavy atom. The van der Waals surface area contributed by atoms with Crippen molar-refractivity contribution in [1.82, 2.24) is 0 Å². The van der Waals surface area contributed by atoms with Gasteiger partial charge in [0.2, 0.25) is 0 Å². The second-order valence-electron chi connectivity index (χ2n) is 4.27. The van der Waals surface area contributed by atoms with Crippen molar-refractivity contribution < 1.29 is 5.11 Å². The smallest absolute Gasteiger partial charge is 0.123 e. The maximum absolute atomic E-state index is 9.85. The van der Waals surface area contributed by atoms with Gasteiger partial charge in [-0.1, -0.05) is 6.07 Å². The SMILES string of the molecule is Cc1ccc(CNc2ccc(C)c(O)c2C)s1. The van der Waals surface area contributed by atoms with E-state index in [1.807, 2.05) is 26.0 Å². The summed E-state index contributed by atoms with van der Waals surface area (Å²) >= 11 is 1.80. The third-order valence-corrected chi connectivity index (χ3v) is 3.88. The fourth-order valence-electron chi connectivity index (χ4n) is 1.79. The van der Waals surface area contributed by atoms with E-state index in [1.165, 1.54) is 9.75 Å². The molecular weight excluding hydrogens is 230 g/mol. The number of hydrogen-bond donors (Lipinski definition) is 2. The second kappa shape index (κ2) is 4.80. The highest BCUT2D eigenvalue weighted by Crippen LogP contribution is 2.28. The van der Waals surface area contributed by atoms with Crippen LogP contribution < -0.4 is 5.32 Å². The fourth-order valence-corrected chi connectivity index (χ4v) is 2.62. The molecule has 0 aliphatic carbocycles. The largest absolute Gasteiger partial charge is 0.507 e. The van der Waals surface area contributed by atoms with Gasteiger partial charge in [0.15, 0.2) is 0 Å². The highest BCUT2D eigenvalue weighted by molar-refractivity contribution is 7.11. The van der Waals surface area contributed by atoms with Gasteiger partial charge in [-0.25, -0.2) is 0 Å². The normalized spacial score (nSPS) is 10.5. The van der Waals surface area contributed by atoms with Crippen LogP contribution in [0.25, 0.3) is 0 Å². The number of aryl methyl sites for hydroxylation is 2. The first-order valence-electron chi connectivity index (χ1n) is 5.66. The summed E-state index contributed by atoms with van der Waals surface area (Å²) in [6, 6.07) is 8.22. The van der Waals surface area contributed by atoms with Crippen LogP contribution in [0.3, 0.4) is 0 Å². The Labute approximate surface area is 106 Å². The number of benzene rings is 1. The predicted molar refractivity (Wildman–Crippen MR) is 74.0 cm³/mol. The Kier molecular flexibility index (Phi) is 3.38. The molecular formula is C14H17NOS. The zero-order valence-electron chi connectivity index (χ0n) is 10.4. The molecule has 0 saturated heterocycles. The third kappa shape index (κ3) is 2.61. The van der Waals surface area contributed by atoms with Crippen molar-refractivity contribution >= 4 is 17.0 Å². The summed E-state index contributed by atoms with van der Waals surface area (Å²) in [6.45, 7) is 6.76. The number of hydrogen-bond acceptors (Lipinski definition) is 3. The molecule has 0 saturated carbocycles. The monoisotopic (exact) mass is 247 g/mol. The van der Waals surface area contributed by atoms with Crippen molar-refractivity contribution in [1.29, 1.82) is 0 Å². The molecule has 1 heterocycles. The molecule has 0 spiro atoms. The zero-order valence-corrected chi connectivity index (χ0v) is 11.2. The molecule has 17 heavy (non-hydrogen) atoms. The quantitative estimate of drug-likeness (QED) is 0.859. The molecule has 2 rings (SSSR count). The molecule has 2 N–H and O–H groups in total. The first-order chi connectivity index (χ1) is 8.08. The maximum atomic E-state index is 9.85. The highest BCUT2D eigenvalue weighted by Gasteiger charge is 2.06. The van der Waals surface area contributed by atoms with Gasteiger partial charge in [0.05, 0.1) is 0 Å². The summed E-state index contributed by atoms with van der Waals surface area (Å²) in [5.41, 5.74) is 2.83. The van der Waals surface area contributed by atoms with Crippen LogP contribution in [0.4, 0.5) is 5.69 Å². The van der Waals surface area contributed by atoms with Crippen LogP contribution in [0, 0.1) is 20.8 Å². The van der Waals surface area contributed by atoms with E-state index in [4.69, 9.17) is 0 Å². The molecule has 90 valence electrons. The van der Waals surface area contributed by atoms with E-state index in [2.05, 4.69) is 24.4 Å². The number of thiophene rings is 1. The Morgan fingerprint density at radius 1 is 1.12 bits per heavy atom. The van der Waals surface area contributed by atoms with Crippen LogP contribution in [0.1, 0.15) is 20.9 Å². The highest BCUT2D eigenvalue weighted by atomic mass is 32.1. The Balaban J connectivity index is 2.12. The van der Waals surface area contributed by atoms with Crippen LogP contribution in [-0.4, -0.2) is 5.11 Å². The molecule has 1 aromatic carbocycles. The van der Waals surface area contributed by atoms with E-state index in [0.717, 1.165) is 23.4 Å². The summed E-state index contributed by atoms with van der Waals surface area (Å²) < 4.78 is 0. The average molecular weight is 247 g/mol. The molecule has 0 aliphatic rings. The molecule has 2 aromatic rings. The molecule has 3 heteroatoms. The number of phenols is 1. The molecule has 0 bridgehead atoms. The molecule has 0 amide bonds. The Morgan fingerprint density at radius 2 is 1.88 bits per heavy atom. The molecule has 2 nitrogen and oxygen atoms in total. The minimum atomic E-state index is 0.386. The van der Waals surface area contributed by atoms with Gasteiger partial charge in [0, 0.05) is 27.5 Å². The van der Waals surface area contributed by atoms with Gasteiger partial charge in [-0.15, -0.1) is 11.3 Å². The van der Waals surface area contributed by atoms with Gasteiger partial charge in [-0.3, -0.25) is 0 Å². The van der Waals surface area contributed by atoms with Gasteiger partial charge in [0.1, 0.15) is 5.75 Å². The lowest BCUT2D eigenvalue weighted by Gasteiger charge is -2.11. The predicted octanol–water partition coefficient (Wildman–Crippen LogP) is 3.99. The summed E-state index contributed by atoms with van der Waals surface area (Å²) in [5.74, 6) is 0.386. The van der Waals surface area contributed by atoms with E-state index in [9.17, 15) is 5.11 Å². The lowest BCUT2D eigenvalue weighted by atomic mass is 10.1. The van der Waals surface area contributed by atoms with Gasteiger partial charge >= 0.3 is 0 Å². The number of aromatic hydroxyl groups is 1. The summed E-state index contributed by atoms with van der Waals surface area (Å²) in [6.07, 6.45) is 0. The third-order valence-electron chi connectivity index (χ3n) is 2.88. The Bertz CT molecular complexity index is 531. The summed E-state index contributed by atoms with van der Waals surface area (Å²) in [4.78, 5) is 2.63. The van der Waals surface area contributed by atoms with E-state index in [-0.39, 0.29) is 0 Å². The lowest BCUT2D eigenvalue weighted by molar-refractivity contribution is 0.467. The lowest BCUT2D eigenvalue weighted by Crippen LogP contribution is -1.99. The van der Waals surface area contributed by atoms with Crippen LogP contribution in [0.2, 0.25) is 0 Å². The van der Waals surface area contributed by atoms with E-state index >= 15 is 0 Å². The molecule has 0 radical (unpaired) electrons. The number of rotatable bonds is 3. The van der Waals surface area contributed by atoms with E-state index in [1.54, 1.807) is 11.3 Å². The van der Waals surface area contributed by atoms with Crippen molar-refractivity contribution in [3.8, 4) is 5.75 Å². The molecule has 0 atom stereocenters. The Hall–Kier alpha value is -1.48. The molecule has 0 aliphatic heterocycles.